The zero-order valence-corrected chi connectivity index (χ0v) is 11.2. The van der Waals surface area contributed by atoms with Crippen molar-refractivity contribution < 1.29 is 4.92 Å². The van der Waals surface area contributed by atoms with Crippen molar-refractivity contribution in [2.75, 3.05) is 5.32 Å². The van der Waals surface area contributed by atoms with Crippen molar-refractivity contribution in [1.82, 2.24) is 0 Å². The second-order valence-corrected chi connectivity index (χ2v) is 5.44. The lowest BCUT2D eigenvalue weighted by molar-refractivity contribution is -0.385. The van der Waals surface area contributed by atoms with E-state index in [0.717, 1.165) is 29.2 Å². The van der Waals surface area contributed by atoms with Gasteiger partial charge in [0.25, 0.3) is 5.69 Å². The van der Waals surface area contributed by atoms with Crippen LogP contribution in [-0.2, 0) is 0 Å². The number of rotatable bonds is 5. The van der Waals surface area contributed by atoms with Crippen molar-refractivity contribution in [2.45, 2.75) is 46.1 Å². The Hall–Kier alpha value is -1.58. The quantitative estimate of drug-likeness (QED) is 0.636. The number of anilines is 1. The molecule has 1 N–H and O–H groups in total. The molecule has 0 bridgehead atoms. The molecule has 0 aliphatic heterocycles. The van der Waals surface area contributed by atoms with E-state index in [1.54, 1.807) is 13.0 Å². The number of hydrogen-bond acceptors (Lipinski definition) is 3. The normalized spacial score (nSPS) is 16.4. The second-order valence-electron chi connectivity index (χ2n) is 5.44. The van der Waals surface area contributed by atoms with E-state index in [0.29, 0.717) is 6.04 Å². The maximum atomic E-state index is 10.9. The van der Waals surface area contributed by atoms with Gasteiger partial charge < -0.3 is 5.32 Å². The van der Waals surface area contributed by atoms with Crippen molar-refractivity contribution in [2.24, 2.45) is 5.92 Å². The standard InChI is InChI=1S/C14H20N2O2/c1-9-6-10(2)14(16(17)18)8-13(9)15-11(3)7-12-4-5-12/h6,8,11-12,15H,4-5,7H2,1-3H3. The summed E-state index contributed by atoms with van der Waals surface area (Å²) in [6, 6.07) is 3.91. The van der Waals surface area contributed by atoms with Crippen molar-refractivity contribution >= 4 is 11.4 Å². The van der Waals surface area contributed by atoms with Crippen molar-refractivity contribution in [3.05, 3.63) is 33.4 Å². The first kappa shape index (κ1) is 12.9. The average molecular weight is 248 g/mol. The fourth-order valence-corrected chi connectivity index (χ4v) is 2.37. The molecule has 4 nitrogen and oxygen atoms in total. The van der Waals surface area contributed by atoms with Gasteiger partial charge in [0, 0.05) is 23.4 Å². The van der Waals surface area contributed by atoms with Crippen LogP contribution in [0.15, 0.2) is 12.1 Å². The van der Waals surface area contributed by atoms with Gasteiger partial charge in [0.15, 0.2) is 0 Å². The first-order valence-electron chi connectivity index (χ1n) is 6.49. The predicted molar refractivity (Wildman–Crippen MR) is 73.0 cm³/mol. The van der Waals surface area contributed by atoms with Crippen LogP contribution in [-0.4, -0.2) is 11.0 Å². The number of nitrogens with zero attached hydrogens (tertiary/aromatic N) is 1. The van der Waals surface area contributed by atoms with E-state index in [-0.39, 0.29) is 10.6 Å². The third-order valence-corrected chi connectivity index (χ3v) is 3.53. The number of benzene rings is 1. The van der Waals surface area contributed by atoms with Crippen LogP contribution in [0.5, 0.6) is 0 Å². The minimum absolute atomic E-state index is 0.196. The Labute approximate surface area is 108 Å². The second kappa shape index (κ2) is 4.96. The third-order valence-electron chi connectivity index (χ3n) is 3.53. The molecule has 1 unspecified atom stereocenters. The SMILES string of the molecule is Cc1cc(C)c([N+](=O)[O-])cc1NC(C)CC1CC1. The third kappa shape index (κ3) is 3.00. The molecule has 0 heterocycles. The maximum Gasteiger partial charge on any atom is 0.274 e. The van der Waals surface area contributed by atoms with Crippen LogP contribution in [0.25, 0.3) is 0 Å². The van der Waals surface area contributed by atoms with Gasteiger partial charge in [-0.15, -0.1) is 0 Å². The molecule has 1 fully saturated rings. The van der Waals surface area contributed by atoms with Crippen LogP contribution < -0.4 is 5.32 Å². The maximum absolute atomic E-state index is 10.9. The van der Waals surface area contributed by atoms with Gasteiger partial charge in [-0.3, -0.25) is 10.1 Å². The molecule has 18 heavy (non-hydrogen) atoms. The highest BCUT2D eigenvalue weighted by molar-refractivity contribution is 5.60. The highest BCUT2D eigenvalue weighted by atomic mass is 16.6. The summed E-state index contributed by atoms with van der Waals surface area (Å²) in [6.07, 6.45) is 3.82. The zero-order chi connectivity index (χ0) is 13.3. The molecule has 1 atom stereocenters. The van der Waals surface area contributed by atoms with E-state index < -0.39 is 0 Å². The molecular weight excluding hydrogens is 228 g/mol. The molecule has 0 amide bonds. The van der Waals surface area contributed by atoms with Crippen LogP contribution >= 0.6 is 0 Å². The topological polar surface area (TPSA) is 55.2 Å². The highest BCUT2D eigenvalue weighted by Gasteiger charge is 2.24. The fraction of sp³-hybridized carbons (Fsp3) is 0.571. The molecule has 1 aliphatic rings. The lowest BCUT2D eigenvalue weighted by Gasteiger charge is -2.17. The molecule has 4 heteroatoms. The Morgan fingerprint density at radius 3 is 2.61 bits per heavy atom. The lowest BCUT2D eigenvalue weighted by Crippen LogP contribution is -2.16. The summed E-state index contributed by atoms with van der Waals surface area (Å²) in [5, 5.41) is 14.3. The summed E-state index contributed by atoms with van der Waals surface area (Å²) in [4.78, 5) is 10.6. The molecule has 2 rings (SSSR count). The summed E-state index contributed by atoms with van der Waals surface area (Å²) in [5.41, 5.74) is 2.88. The Balaban J connectivity index is 2.15. The van der Waals surface area contributed by atoms with Crippen LogP contribution in [0.2, 0.25) is 0 Å². The Bertz CT molecular complexity index is 467. The van der Waals surface area contributed by atoms with Gasteiger partial charge in [-0.2, -0.15) is 0 Å². The van der Waals surface area contributed by atoms with E-state index in [1.807, 2.05) is 13.0 Å². The first-order chi connectivity index (χ1) is 8.47. The van der Waals surface area contributed by atoms with E-state index in [2.05, 4.69) is 12.2 Å². The van der Waals surface area contributed by atoms with Crippen molar-refractivity contribution in [3.63, 3.8) is 0 Å². The molecule has 0 aromatic heterocycles. The molecule has 1 saturated carbocycles. The largest absolute Gasteiger partial charge is 0.382 e. The van der Waals surface area contributed by atoms with Gasteiger partial charge in [-0.05, 0) is 44.7 Å². The molecule has 98 valence electrons. The Kier molecular flexibility index (Phi) is 3.55. The van der Waals surface area contributed by atoms with Crippen LogP contribution in [0.4, 0.5) is 11.4 Å². The monoisotopic (exact) mass is 248 g/mol. The van der Waals surface area contributed by atoms with Crippen LogP contribution in [0.1, 0.15) is 37.3 Å². The van der Waals surface area contributed by atoms with Gasteiger partial charge in [-0.1, -0.05) is 12.8 Å². The van der Waals surface area contributed by atoms with E-state index in [9.17, 15) is 10.1 Å². The molecule has 1 aliphatic carbocycles. The van der Waals surface area contributed by atoms with Gasteiger partial charge in [0.1, 0.15) is 0 Å². The number of nitro groups is 1. The van der Waals surface area contributed by atoms with Crippen molar-refractivity contribution in [3.8, 4) is 0 Å². The first-order valence-corrected chi connectivity index (χ1v) is 6.49. The van der Waals surface area contributed by atoms with Gasteiger partial charge in [0.05, 0.1) is 4.92 Å². The summed E-state index contributed by atoms with van der Waals surface area (Å²) >= 11 is 0. The predicted octanol–water partition coefficient (Wildman–Crippen LogP) is 3.81. The molecule has 0 radical (unpaired) electrons. The molecule has 1 aromatic carbocycles. The van der Waals surface area contributed by atoms with E-state index >= 15 is 0 Å². The number of aryl methyl sites for hydroxylation is 2. The number of nitrogens with one attached hydrogen (secondary N) is 1. The average Bonchev–Trinajstić information content (AvgIpc) is 3.05. The highest BCUT2D eigenvalue weighted by Crippen LogP contribution is 2.34. The van der Waals surface area contributed by atoms with Crippen LogP contribution in [0, 0.1) is 29.9 Å². The van der Waals surface area contributed by atoms with Crippen molar-refractivity contribution in [1.29, 1.82) is 0 Å². The molecule has 0 saturated heterocycles. The Morgan fingerprint density at radius 2 is 2.06 bits per heavy atom. The number of hydrogen-bond donors (Lipinski definition) is 1. The molecular formula is C14H20N2O2. The Morgan fingerprint density at radius 1 is 1.39 bits per heavy atom. The molecule has 1 aromatic rings. The molecule has 0 spiro atoms. The van der Waals surface area contributed by atoms with Gasteiger partial charge in [-0.25, -0.2) is 0 Å². The minimum Gasteiger partial charge on any atom is -0.382 e. The summed E-state index contributed by atoms with van der Waals surface area (Å²) in [5.74, 6) is 0.855. The fourth-order valence-electron chi connectivity index (χ4n) is 2.37. The van der Waals surface area contributed by atoms with Crippen LogP contribution in [0.3, 0.4) is 0 Å². The smallest absolute Gasteiger partial charge is 0.274 e. The van der Waals surface area contributed by atoms with Gasteiger partial charge in [0.2, 0.25) is 0 Å². The summed E-state index contributed by atoms with van der Waals surface area (Å²) in [6.45, 7) is 5.91. The lowest BCUT2D eigenvalue weighted by atomic mass is 10.1. The number of nitro benzene ring substituents is 1. The van der Waals surface area contributed by atoms with E-state index in [4.69, 9.17) is 0 Å². The zero-order valence-electron chi connectivity index (χ0n) is 11.2. The minimum atomic E-state index is -0.314. The van der Waals surface area contributed by atoms with Gasteiger partial charge >= 0.3 is 0 Å². The van der Waals surface area contributed by atoms with E-state index in [1.165, 1.54) is 12.8 Å². The summed E-state index contributed by atoms with van der Waals surface area (Å²) < 4.78 is 0. The summed E-state index contributed by atoms with van der Waals surface area (Å²) in [7, 11) is 0.